The third kappa shape index (κ3) is 2.13. The molecule has 0 aromatic rings. The van der Waals surface area contributed by atoms with Crippen LogP contribution in [-0.4, -0.2) is 17.0 Å². The normalized spacial score (nSPS) is 52.2. The lowest BCUT2D eigenvalue weighted by atomic mass is 9.47. The molecule has 3 saturated carbocycles. The summed E-state index contributed by atoms with van der Waals surface area (Å²) in [5, 5.41) is 10.1. The fourth-order valence-corrected chi connectivity index (χ4v) is 7.31. The smallest absolute Gasteiger partial charge is 0.133 e. The number of Topliss-reactive ketones (excluding diaryl/α,β-unsaturated/α-hetero) is 1. The molecule has 0 aromatic carbocycles. The van der Waals surface area contributed by atoms with E-state index in [1.807, 2.05) is 6.92 Å². The van der Waals surface area contributed by atoms with E-state index >= 15 is 0 Å². The van der Waals surface area contributed by atoms with E-state index in [-0.39, 0.29) is 11.5 Å². The molecule has 0 saturated heterocycles. The molecule has 23 heavy (non-hydrogen) atoms. The lowest BCUT2D eigenvalue weighted by Crippen LogP contribution is -2.50. The van der Waals surface area contributed by atoms with Crippen molar-refractivity contribution in [3.05, 3.63) is 11.6 Å². The minimum atomic E-state index is -0.117. The quantitative estimate of drug-likeness (QED) is 0.722. The van der Waals surface area contributed by atoms with E-state index in [0.717, 1.165) is 43.4 Å². The molecule has 128 valence electrons. The second-order valence-electron chi connectivity index (χ2n) is 9.44. The van der Waals surface area contributed by atoms with Crippen molar-refractivity contribution in [3.8, 4) is 0 Å². The lowest BCUT2D eigenvalue weighted by Gasteiger charge is -2.57. The molecule has 0 bridgehead atoms. The molecule has 0 heterocycles. The number of hydrogen-bond acceptors (Lipinski definition) is 2. The van der Waals surface area contributed by atoms with E-state index in [4.69, 9.17) is 0 Å². The first-order valence-electron chi connectivity index (χ1n) is 9.74. The summed E-state index contributed by atoms with van der Waals surface area (Å²) in [7, 11) is 0. The van der Waals surface area contributed by atoms with Gasteiger partial charge in [-0.15, -0.1) is 0 Å². The Balaban J connectivity index is 1.66. The SMILES string of the molecule is CC(=O)[C@H]1CC[C@@H]2[C@H]3CC=C4C[C@H](O)CC[C@]4(C)[C@H]3CC[C@]12C. The van der Waals surface area contributed by atoms with Gasteiger partial charge in [-0.05, 0) is 86.9 Å². The topological polar surface area (TPSA) is 37.3 Å². The number of hydrogen-bond donors (Lipinski definition) is 1. The first-order valence-corrected chi connectivity index (χ1v) is 9.74. The number of carbonyl (C=O) groups excluding carboxylic acids is 1. The molecule has 4 aliphatic rings. The molecule has 0 radical (unpaired) electrons. The van der Waals surface area contributed by atoms with Crippen LogP contribution in [0.4, 0.5) is 0 Å². The van der Waals surface area contributed by atoms with Crippen LogP contribution in [0.15, 0.2) is 11.6 Å². The van der Waals surface area contributed by atoms with Crippen LogP contribution >= 0.6 is 0 Å². The Kier molecular flexibility index (Phi) is 3.58. The molecule has 0 spiro atoms. The number of carbonyl (C=O) groups is 1. The van der Waals surface area contributed by atoms with Gasteiger partial charge in [-0.2, -0.15) is 0 Å². The minimum Gasteiger partial charge on any atom is -0.393 e. The molecule has 0 unspecified atom stereocenters. The highest BCUT2D eigenvalue weighted by Crippen LogP contribution is 2.66. The standard InChI is InChI=1S/C21H32O2/c1-13(22)17-6-7-18-16-5-4-14-12-15(23)8-10-20(14,2)19(16)9-11-21(17,18)3/h4,15-19,23H,5-12H2,1-3H3/t15-,16-,17-,18-,19+,20+,21-/m1/s1. The molecule has 0 amide bonds. The average Bonchev–Trinajstić information content (AvgIpc) is 2.85. The summed E-state index contributed by atoms with van der Waals surface area (Å²) < 4.78 is 0. The van der Waals surface area contributed by atoms with Crippen molar-refractivity contribution in [3.63, 3.8) is 0 Å². The molecular weight excluding hydrogens is 284 g/mol. The van der Waals surface area contributed by atoms with Crippen LogP contribution in [0.25, 0.3) is 0 Å². The van der Waals surface area contributed by atoms with Crippen LogP contribution in [0.1, 0.15) is 72.1 Å². The maximum Gasteiger partial charge on any atom is 0.133 e. The maximum atomic E-state index is 12.2. The molecule has 4 rings (SSSR count). The van der Waals surface area contributed by atoms with Gasteiger partial charge in [0.2, 0.25) is 0 Å². The predicted molar refractivity (Wildman–Crippen MR) is 91.9 cm³/mol. The first-order chi connectivity index (χ1) is 10.9. The summed E-state index contributed by atoms with van der Waals surface area (Å²) in [6, 6.07) is 0. The Morgan fingerprint density at radius 2 is 1.91 bits per heavy atom. The van der Waals surface area contributed by atoms with Crippen LogP contribution in [-0.2, 0) is 4.79 Å². The van der Waals surface area contributed by atoms with Gasteiger partial charge in [0.25, 0.3) is 0 Å². The van der Waals surface area contributed by atoms with E-state index in [1.165, 1.54) is 25.7 Å². The monoisotopic (exact) mass is 316 g/mol. The Bertz CT molecular complexity index is 550. The third-order valence-electron chi connectivity index (χ3n) is 8.57. The zero-order valence-electron chi connectivity index (χ0n) is 15.0. The second-order valence-corrected chi connectivity index (χ2v) is 9.44. The Hall–Kier alpha value is -0.630. The Labute approximate surface area is 140 Å². The number of ketones is 1. The average molecular weight is 316 g/mol. The second kappa shape index (κ2) is 5.18. The number of allylic oxidation sites excluding steroid dienone is 1. The van der Waals surface area contributed by atoms with Gasteiger partial charge in [0.05, 0.1) is 6.10 Å². The van der Waals surface area contributed by atoms with Crippen molar-refractivity contribution >= 4 is 5.78 Å². The summed E-state index contributed by atoms with van der Waals surface area (Å²) in [4.78, 5) is 12.2. The van der Waals surface area contributed by atoms with Crippen molar-refractivity contribution in [2.24, 2.45) is 34.5 Å². The van der Waals surface area contributed by atoms with Crippen LogP contribution in [0.2, 0.25) is 0 Å². The van der Waals surface area contributed by atoms with Gasteiger partial charge in [-0.25, -0.2) is 0 Å². The Morgan fingerprint density at radius 3 is 2.65 bits per heavy atom. The van der Waals surface area contributed by atoms with Gasteiger partial charge in [0, 0.05) is 5.92 Å². The van der Waals surface area contributed by atoms with Gasteiger partial charge in [0.1, 0.15) is 5.78 Å². The van der Waals surface area contributed by atoms with Crippen LogP contribution in [0.3, 0.4) is 0 Å². The number of aliphatic hydroxyl groups is 1. The summed E-state index contributed by atoms with van der Waals surface area (Å²) in [5.41, 5.74) is 2.11. The van der Waals surface area contributed by atoms with Crippen molar-refractivity contribution < 1.29 is 9.90 Å². The van der Waals surface area contributed by atoms with Gasteiger partial charge in [0.15, 0.2) is 0 Å². The largest absolute Gasteiger partial charge is 0.393 e. The van der Waals surface area contributed by atoms with Crippen LogP contribution in [0, 0.1) is 34.5 Å². The van der Waals surface area contributed by atoms with Gasteiger partial charge >= 0.3 is 0 Å². The zero-order valence-corrected chi connectivity index (χ0v) is 15.0. The van der Waals surface area contributed by atoms with Gasteiger partial charge in [-0.1, -0.05) is 25.5 Å². The van der Waals surface area contributed by atoms with Crippen molar-refractivity contribution in [2.45, 2.75) is 78.2 Å². The fourth-order valence-electron chi connectivity index (χ4n) is 7.31. The van der Waals surface area contributed by atoms with Crippen molar-refractivity contribution in [1.82, 2.24) is 0 Å². The van der Waals surface area contributed by atoms with E-state index in [9.17, 15) is 9.90 Å². The van der Waals surface area contributed by atoms with E-state index in [2.05, 4.69) is 19.9 Å². The van der Waals surface area contributed by atoms with Gasteiger partial charge < -0.3 is 5.11 Å². The summed E-state index contributed by atoms with van der Waals surface area (Å²) in [6.07, 6.45) is 11.5. The molecule has 0 aliphatic heterocycles. The maximum absolute atomic E-state index is 12.2. The van der Waals surface area contributed by atoms with Crippen molar-refractivity contribution in [1.29, 1.82) is 0 Å². The Morgan fingerprint density at radius 1 is 1.13 bits per heavy atom. The lowest BCUT2D eigenvalue weighted by molar-refractivity contribution is -0.127. The number of fused-ring (bicyclic) bond motifs is 5. The number of rotatable bonds is 1. The van der Waals surface area contributed by atoms with Crippen molar-refractivity contribution in [2.75, 3.05) is 0 Å². The predicted octanol–water partition coefficient (Wildman–Crippen LogP) is 4.52. The fraction of sp³-hybridized carbons (Fsp3) is 0.857. The minimum absolute atomic E-state index is 0.117. The zero-order chi connectivity index (χ0) is 16.4. The molecule has 7 atom stereocenters. The molecule has 1 N–H and O–H groups in total. The van der Waals surface area contributed by atoms with Gasteiger partial charge in [-0.3, -0.25) is 4.79 Å². The molecule has 0 aromatic heterocycles. The summed E-state index contributed by atoms with van der Waals surface area (Å²) in [5.74, 6) is 3.00. The highest BCUT2D eigenvalue weighted by molar-refractivity contribution is 5.79. The van der Waals surface area contributed by atoms with E-state index in [0.29, 0.717) is 17.1 Å². The summed E-state index contributed by atoms with van der Waals surface area (Å²) >= 11 is 0. The molecule has 2 nitrogen and oxygen atoms in total. The molecular formula is C21H32O2. The highest BCUT2D eigenvalue weighted by atomic mass is 16.3. The third-order valence-corrected chi connectivity index (χ3v) is 8.57. The highest BCUT2D eigenvalue weighted by Gasteiger charge is 2.59. The first kappa shape index (κ1) is 15.9. The van der Waals surface area contributed by atoms with Crippen LogP contribution < -0.4 is 0 Å². The summed E-state index contributed by atoms with van der Waals surface area (Å²) in [6.45, 7) is 6.70. The van der Waals surface area contributed by atoms with E-state index in [1.54, 1.807) is 5.57 Å². The van der Waals surface area contributed by atoms with Crippen LogP contribution in [0.5, 0.6) is 0 Å². The number of aliphatic hydroxyl groups excluding tert-OH is 1. The molecule has 4 aliphatic carbocycles. The molecule has 3 fully saturated rings. The molecule has 2 heteroatoms. The van der Waals surface area contributed by atoms with E-state index < -0.39 is 0 Å².